The Balaban J connectivity index is 2.16. The Hall–Kier alpha value is -1.51. The van der Waals surface area contributed by atoms with E-state index in [-0.39, 0.29) is 5.97 Å². The van der Waals surface area contributed by atoms with Crippen LogP contribution in [0.15, 0.2) is 35.6 Å². The van der Waals surface area contributed by atoms with Gasteiger partial charge in [0.2, 0.25) is 0 Å². The second-order valence-corrected chi connectivity index (χ2v) is 3.63. The molecular formula is C13H18O3. The highest BCUT2D eigenvalue weighted by Gasteiger charge is 2.04. The zero-order valence-electron chi connectivity index (χ0n) is 9.61. The summed E-state index contributed by atoms with van der Waals surface area (Å²) in [5.74, 6) is 0.240. The topological polar surface area (TPSA) is 46.5 Å². The minimum atomic E-state index is -0.157. The molecule has 0 bridgehead atoms. The number of allylic oxidation sites excluding steroid dienone is 6. The molecule has 1 aliphatic carbocycles. The third kappa shape index (κ3) is 4.34. The summed E-state index contributed by atoms with van der Waals surface area (Å²) in [4.78, 5) is 11.0. The van der Waals surface area contributed by atoms with Crippen LogP contribution in [0.4, 0.5) is 0 Å². The van der Waals surface area contributed by atoms with E-state index in [4.69, 9.17) is 4.74 Å². The standard InChI is InChI=1S/C13H18O3/c1-2-16-13(15)10-6-5-9-12(14)11-7-3-4-8-11/h3-4,7-8,14H,2,5-6,9-10H2,1H3. The molecule has 0 atom stereocenters. The summed E-state index contributed by atoms with van der Waals surface area (Å²) < 4.78 is 4.81. The van der Waals surface area contributed by atoms with E-state index in [2.05, 4.69) is 0 Å². The summed E-state index contributed by atoms with van der Waals surface area (Å²) in [6, 6.07) is 0. The molecule has 1 rings (SSSR count). The molecule has 0 fully saturated rings. The number of carbonyl (C=O) groups is 1. The van der Waals surface area contributed by atoms with E-state index < -0.39 is 0 Å². The van der Waals surface area contributed by atoms with E-state index >= 15 is 0 Å². The predicted molar refractivity (Wildman–Crippen MR) is 63.0 cm³/mol. The molecule has 0 saturated carbocycles. The van der Waals surface area contributed by atoms with Crippen LogP contribution in [-0.4, -0.2) is 17.7 Å². The number of hydrogen-bond donors (Lipinski definition) is 1. The number of rotatable bonds is 6. The molecule has 0 aromatic heterocycles. The lowest BCUT2D eigenvalue weighted by molar-refractivity contribution is -0.143. The van der Waals surface area contributed by atoms with Crippen molar-refractivity contribution in [2.24, 2.45) is 0 Å². The molecule has 0 unspecified atom stereocenters. The highest BCUT2D eigenvalue weighted by atomic mass is 16.5. The second kappa shape index (κ2) is 6.88. The first-order valence-electron chi connectivity index (χ1n) is 5.66. The third-order valence-corrected chi connectivity index (χ3v) is 2.35. The van der Waals surface area contributed by atoms with Crippen LogP contribution in [0.3, 0.4) is 0 Å². The zero-order chi connectivity index (χ0) is 11.8. The molecule has 1 N–H and O–H groups in total. The lowest BCUT2D eigenvalue weighted by Crippen LogP contribution is -2.03. The molecule has 1 aliphatic rings. The van der Waals surface area contributed by atoms with Gasteiger partial charge in [-0.05, 0) is 19.8 Å². The smallest absolute Gasteiger partial charge is 0.305 e. The molecule has 3 heteroatoms. The van der Waals surface area contributed by atoms with Crippen molar-refractivity contribution >= 4 is 5.97 Å². The monoisotopic (exact) mass is 222 g/mol. The van der Waals surface area contributed by atoms with Crippen LogP contribution < -0.4 is 0 Å². The van der Waals surface area contributed by atoms with Crippen molar-refractivity contribution in [1.82, 2.24) is 0 Å². The molecule has 0 aromatic rings. The molecule has 0 spiro atoms. The summed E-state index contributed by atoms with van der Waals surface area (Å²) in [5.41, 5.74) is 0.871. The first-order chi connectivity index (χ1) is 7.74. The van der Waals surface area contributed by atoms with Crippen molar-refractivity contribution in [3.8, 4) is 0 Å². The van der Waals surface area contributed by atoms with Crippen molar-refractivity contribution in [2.75, 3.05) is 6.61 Å². The first-order valence-corrected chi connectivity index (χ1v) is 5.66. The van der Waals surface area contributed by atoms with Crippen LogP contribution in [0.5, 0.6) is 0 Å². The summed E-state index contributed by atoms with van der Waals surface area (Å²) in [6.07, 6.45) is 10.1. The molecule has 0 saturated heterocycles. The van der Waals surface area contributed by atoms with Crippen molar-refractivity contribution in [2.45, 2.75) is 32.6 Å². The predicted octanol–water partition coefficient (Wildman–Crippen LogP) is 3.05. The van der Waals surface area contributed by atoms with Gasteiger partial charge in [-0.1, -0.05) is 24.3 Å². The fourth-order valence-corrected chi connectivity index (χ4v) is 1.51. The van der Waals surface area contributed by atoms with E-state index in [9.17, 15) is 9.90 Å². The maximum absolute atomic E-state index is 11.0. The SMILES string of the molecule is CCOC(=O)CCCCC(O)=C1C=CC=C1. The first kappa shape index (κ1) is 12.6. The fourth-order valence-electron chi connectivity index (χ4n) is 1.51. The van der Waals surface area contributed by atoms with Crippen molar-refractivity contribution in [3.05, 3.63) is 35.6 Å². The molecule has 3 nitrogen and oxygen atoms in total. The van der Waals surface area contributed by atoms with E-state index in [0.717, 1.165) is 18.4 Å². The van der Waals surface area contributed by atoms with E-state index in [1.165, 1.54) is 0 Å². The zero-order valence-corrected chi connectivity index (χ0v) is 9.61. The fraction of sp³-hybridized carbons (Fsp3) is 0.462. The van der Waals surface area contributed by atoms with Gasteiger partial charge in [-0.3, -0.25) is 4.79 Å². The van der Waals surface area contributed by atoms with Gasteiger partial charge in [-0.15, -0.1) is 0 Å². The molecule has 0 heterocycles. The average Bonchev–Trinajstić information content (AvgIpc) is 2.78. The van der Waals surface area contributed by atoms with Gasteiger partial charge in [0.05, 0.1) is 12.4 Å². The Morgan fingerprint density at radius 3 is 2.50 bits per heavy atom. The van der Waals surface area contributed by atoms with E-state index in [0.29, 0.717) is 25.2 Å². The number of aliphatic hydroxyl groups is 1. The summed E-state index contributed by atoms with van der Waals surface area (Å²) in [6.45, 7) is 2.23. The Labute approximate surface area is 96.1 Å². The Bertz CT molecular complexity index is 310. The average molecular weight is 222 g/mol. The van der Waals surface area contributed by atoms with Gasteiger partial charge in [0, 0.05) is 18.4 Å². The van der Waals surface area contributed by atoms with Crippen LogP contribution in [0.25, 0.3) is 0 Å². The van der Waals surface area contributed by atoms with Crippen molar-refractivity contribution < 1.29 is 14.6 Å². The Kier molecular flexibility index (Phi) is 5.40. The number of hydrogen-bond acceptors (Lipinski definition) is 3. The van der Waals surface area contributed by atoms with Crippen LogP contribution in [0.2, 0.25) is 0 Å². The molecular weight excluding hydrogens is 204 g/mol. The van der Waals surface area contributed by atoms with Gasteiger partial charge in [0.15, 0.2) is 0 Å². The highest BCUT2D eigenvalue weighted by molar-refractivity contribution is 5.69. The van der Waals surface area contributed by atoms with Crippen LogP contribution in [0.1, 0.15) is 32.6 Å². The lowest BCUT2D eigenvalue weighted by atomic mass is 10.1. The van der Waals surface area contributed by atoms with Gasteiger partial charge in [0.1, 0.15) is 0 Å². The highest BCUT2D eigenvalue weighted by Crippen LogP contribution is 2.16. The maximum atomic E-state index is 11.0. The number of aliphatic hydroxyl groups excluding tert-OH is 1. The third-order valence-electron chi connectivity index (χ3n) is 2.35. The number of carbonyl (C=O) groups excluding carboxylic acids is 1. The number of unbranched alkanes of at least 4 members (excludes halogenated alkanes) is 1. The molecule has 16 heavy (non-hydrogen) atoms. The largest absolute Gasteiger partial charge is 0.512 e. The van der Waals surface area contributed by atoms with E-state index in [1.807, 2.05) is 24.3 Å². The van der Waals surface area contributed by atoms with Gasteiger partial charge in [0.25, 0.3) is 0 Å². The van der Waals surface area contributed by atoms with Crippen molar-refractivity contribution in [3.63, 3.8) is 0 Å². The van der Waals surface area contributed by atoms with Crippen molar-refractivity contribution in [1.29, 1.82) is 0 Å². The summed E-state index contributed by atoms with van der Waals surface area (Å²) in [5, 5.41) is 9.68. The molecule has 0 radical (unpaired) electrons. The summed E-state index contributed by atoms with van der Waals surface area (Å²) >= 11 is 0. The lowest BCUT2D eigenvalue weighted by Gasteiger charge is -2.03. The normalized spacial score (nSPS) is 13.2. The van der Waals surface area contributed by atoms with Gasteiger partial charge in [-0.2, -0.15) is 0 Å². The van der Waals surface area contributed by atoms with Gasteiger partial charge in [-0.25, -0.2) is 0 Å². The number of esters is 1. The summed E-state index contributed by atoms with van der Waals surface area (Å²) in [7, 11) is 0. The van der Waals surface area contributed by atoms with Crippen LogP contribution >= 0.6 is 0 Å². The van der Waals surface area contributed by atoms with E-state index in [1.54, 1.807) is 6.92 Å². The minimum absolute atomic E-state index is 0.157. The quantitative estimate of drug-likeness (QED) is 0.427. The van der Waals surface area contributed by atoms with Crippen LogP contribution in [-0.2, 0) is 9.53 Å². The number of ether oxygens (including phenoxy) is 1. The van der Waals surface area contributed by atoms with Crippen LogP contribution in [0, 0.1) is 0 Å². The Morgan fingerprint density at radius 1 is 1.25 bits per heavy atom. The molecule has 0 aromatic carbocycles. The Morgan fingerprint density at radius 2 is 1.88 bits per heavy atom. The molecule has 88 valence electrons. The minimum Gasteiger partial charge on any atom is -0.512 e. The van der Waals surface area contributed by atoms with Gasteiger partial charge >= 0.3 is 5.97 Å². The van der Waals surface area contributed by atoms with Gasteiger partial charge < -0.3 is 9.84 Å². The molecule has 0 amide bonds. The maximum Gasteiger partial charge on any atom is 0.305 e. The molecule has 0 aliphatic heterocycles. The second-order valence-electron chi connectivity index (χ2n) is 3.63.